The quantitative estimate of drug-likeness (QED) is 0.358. The topological polar surface area (TPSA) is 61.8 Å². The highest BCUT2D eigenvalue weighted by molar-refractivity contribution is 8.15. The van der Waals surface area contributed by atoms with Gasteiger partial charge >= 0.3 is 6.18 Å². The second-order valence-corrected chi connectivity index (χ2v) is 10.2. The van der Waals surface area contributed by atoms with E-state index in [4.69, 9.17) is 16.6 Å². The van der Waals surface area contributed by atoms with E-state index in [1.54, 1.807) is 4.90 Å². The summed E-state index contributed by atoms with van der Waals surface area (Å²) in [4.78, 5) is 32.4. The van der Waals surface area contributed by atoms with Gasteiger partial charge in [-0.1, -0.05) is 65.8 Å². The fraction of sp³-hybridized carbons (Fsp3) is 0.222. The van der Waals surface area contributed by atoms with Crippen LogP contribution in [-0.2, 0) is 22.3 Å². The fourth-order valence-electron chi connectivity index (χ4n) is 3.80. The van der Waals surface area contributed by atoms with Crippen molar-refractivity contribution in [1.29, 1.82) is 0 Å². The SMILES string of the molecule is Cc1cccc(N=C2S[C@H](CC(=O)Nc3ccc(Cl)c(C(F)(F)F)c3)C(=O)N2Cc2ccccc2)c1C. The van der Waals surface area contributed by atoms with Gasteiger partial charge in [0.15, 0.2) is 5.17 Å². The van der Waals surface area contributed by atoms with Gasteiger partial charge in [0.1, 0.15) is 5.25 Å². The Bertz CT molecular complexity index is 1360. The molecule has 1 heterocycles. The highest BCUT2D eigenvalue weighted by Gasteiger charge is 2.39. The number of nitrogens with one attached hydrogen (secondary N) is 1. The Morgan fingerprint density at radius 2 is 1.81 bits per heavy atom. The average Bonchev–Trinajstić information content (AvgIpc) is 3.12. The Morgan fingerprint density at radius 3 is 2.51 bits per heavy atom. The Balaban J connectivity index is 1.56. The van der Waals surface area contributed by atoms with Crippen LogP contribution in [0.3, 0.4) is 0 Å². The minimum absolute atomic E-state index is 0.0532. The summed E-state index contributed by atoms with van der Waals surface area (Å²) in [5, 5.41) is 1.68. The molecule has 0 aliphatic carbocycles. The van der Waals surface area contributed by atoms with Gasteiger partial charge in [-0.2, -0.15) is 13.2 Å². The van der Waals surface area contributed by atoms with Crippen LogP contribution in [0.5, 0.6) is 0 Å². The number of aliphatic imine (C=N–C) groups is 1. The maximum atomic E-state index is 13.4. The Hall–Kier alpha value is -3.30. The third-order valence-corrected chi connectivity index (χ3v) is 7.43. The molecule has 0 radical (unpaired) electrons. The van der Waals surface area contributed by atoms with Crippen LogP contribution in [-0.4, -0.2) is 27.1 Å². The van der Waals surface area contributed by atoms with Gasteiger partial charge in [0.05, 0.1) is 22.8 Å². The maximum Gasteiger partial charge on any atom is 0.417 e. The molecular weight excluding hydrogens is 523 g/mol. The van der Waals surface area contributed by atoms with Crippen molar-refractivity contribution < 1.29 is 22.8 Å². The zero-order chi connectivity index (χ0) is 26.7. The van der Waals surface area contributed by atoms with Gasteiger partial charge in [0.25, 0.3) is 0 Å². The third-order valence-electron chi connectivity index (χ3n) is 5.92. The van der Waals surface area contributed by atoms with Crippen LogP contribution in [0.15, 0.2) is 71.7 Å². The molecule has 192 valence electrons. The van der Waals surface area contributed by atoms with Gasteiger partial charge in [-0.05, 0) is 54.8 Å². The van der Waals surface area contributed by atoms with E-state index >= 15 is 0 Å². The fourth-order valence-corrected chi connectivity index (χ4v) is 5.17. The van der Waals surface area contributed by atoms with Crippen molar-refractivity contribution in [3.8, 4) is 0 Å². The molecule has 3 aromatic carbocycles. The van der Waals surface area contributed by atoms with Gasteiger partial charge in [0, 0.05) is 12.1 Å². The first kappa shape index (κ1) is 26.8. The molecule has 0 aromatic heterocycles. The van der Waals surface area contributed by atoms with Crippen LogP contribution in [0, 0.1) is 13.8 Å². The lowest BCUT2D eigenvalue weighted by Crippen LogP contribution is -2.33. The van der Waals surface area contributed by atoms with Crippen LogP contribution in [0.2, 0.25) is 5.02 Å². The summed E-state index contributed by atoms with van der Waals surface area (Å²) in [6.07, 6.45) is -4.89. The van der Waals surface area contributed by atoms with Crippen LogP contribution in [0.4, 0.5) is 24.5 Å². The number of amides is 2. The molecular formula is C27H23ClF3N3O2S. The first-order valence-corrected chi connectivity index (χ1v) is 12.6. The highest BCUT2D eigenvalue weighted by Crippen LogP contribution is 2.37. The zero-order valence-electron chi connectivity index (χ0n) is 20.0. The van der Waals surface area contributed by atoms with Crippen molar-refractivity contribution in [3.05, 3.63) is 94.0 Å². The number of amidine groups is 1. The molecule has 5 nitrogen and oxygen atoms in total. The summed E-state index contributed by atoms with van der Waals surface area (Å²) in [6.45, 7) is 4.20. The summed E-state index contributed by atoms with van der Waals surface area (Å²) < 4.78 is 39.5. The lowest BCUT2D eigenvalue weighted by molar-refractivity contribution is -0.137. The third kappa shape index (κ3) is 6.34. The van der Waals surface area contributed by atoms with Crippen LogP contribution < -0.4 is 5.32 Å². The molecule has 0 unspecified atom stereocenters. The van der Waals surface area contributed by atoms with E-state index in [9.17, 15) is 22.8 Å². The Morgan fingerprint density at radius 1 is 1.08 bits per heavy atom. The normalized spacial score (nSPS) is 16.9. The summed E-state index contributed by atoms with van der Waals surface area (Å²) in [6, 6.07) is 18.3. The number of hydrogen-bond acceptors (Lipinski definition) is 4. The molecule has 1 fully saturated rings. The van der Waals surface area contributed by atoms with Gasteiger partial charge in [-0.15, -0.1) is 0 Å². The van der Waals surface area contributed by atoms with E-state index in [0.29, 0.717) is 5.17 Å². The number of anilines is 1. The van der Waals surface area contributed by atoms with Gasteiger partial charge in [0.2, 0.25) is 11.8 Å². The number of halogens is 4. The summed E-state index contributed by atoms with van der Waals surface area (Å²) in [7, 11) is 0. The highest BCUT2D eigenvalue weighted by atomic mass is 35.5. The Labute approximate surface area is 221 Å². The van der Waals surface area contributed by atoms with Gasteiger partial charge < -0.3 is 5.32 Å². The van der Waals surface area contributed by atoms with E-state index in [1.807, 2.05) is 62.4 Å². The Kier molecular flexibility index (Phi) is 7.94. The second-order valence-electron chi connectivity index (χ2n) is 8.57. The number of thioether (sulfide) groups is 1. The predicted molar refractivity (Wildman–Crippen MR) is 141 cm³/mol. The lowest BCUT2D eigenvalue weighted by atomic mass is 10.1. The second kappa shape index (κ2) is 11.0. The molecule has 1 saturated heterocycles. The van der Waals surface area contributed by atoms with Crippen molar-refractivity contribution in [3.63, 3.8) is 0 Å². The van der Waals surface area contributed by atoms with Gasteiger partial charge in [-0.3, -0.25) is 14.5 Å². The van der Waals surface area contributed by atoms with Crippen molar-refractivity contribution in [2.45, 2.75) is 38.2 Å². The van der Waals surface area contributed by atoms with Crippen molar-refractivity contribution in [1.82, 2.24) is 4.90 Å². The largest absolute Gasteiger partial charge is 0.417 e. The number of nitrogens with zero attached hydrogens (tertiary/aromatic N) is 2. The molecule has 1 aliphatic heterocycles. The summed E-state index contributed by atoms with van der Waals surface area (Å²) >= 11 is 6.83. The molecule has 0 bridgehead atoms. The smallest absolute Gasteiger partial charge is 0.326 e. The average molecular weight is 546 g/mol. The molecule has 0 saturated carbocycles. The van der Waals surface area contributed by atoms with E-state index in [0.717, 1.165) is 34.5 Å². The molecule has 1 N–H and O–H groups in total. The molecule has 2 amide bonds. The number of benzene rings is 3. The van der Waals surface area contributed by atoms with E-state index in [-0.39, 0.29) is 24.6 Å². The number of alkyl halides is 3. The number of rotatable bonds is 6. The molecule has 1 aliphatic rings. The number of hydrogen-bond donors (Lipinski definition) is 1. The first-order chi connectivity index (χ1) is 17.5. The zero-order valence-corrected chi connectivity index (χ0v) is 21.5. The van der Waals surface area contributed by atoms with Gasteiger partial charge in [-0.25, -0.2) is 4.99 Å². The lowest BCUT2D eigenvalue weighted by Gasteiger charge is -2.17. The molecule has 1 atom stereocenters. The van der Waals surface area contributed by atoms with Crippen molar-refractivity contribution in [2.75, 3.05) is 5.32 Å². The van der Waals surface area contributed by atoms with Crippen LogP contribution in [0.1, 0.15) is 28.7 Å². The van der Waals surface area contributed by atoms with E-state index in [1.165, 1.54) is 17.8 Å². The predicted octanol–water partition coefficient (Wildman–Crippen LogP) is 7.14. The number of carbonyl (C=O) groups is 2. The molecule has 37 heavy (non-hydrogen) atoms. The number of aryl methyl sites for hydroxylation is 1. The van der Waals surface area contributed by atoms with Crippen LogP contribution >= 0.6 is 23.4 Å². The monoisotopic (exact) mass is 545 g/mol. The first-order valence-electron chi connectivity index (χ1n) is 11.4. The van der Waals surface area contributed by atoms with Crippen LogP contribution in [0.25, 0.3) is 0 Å². The summed E-state index contributed by atoms with van der Waals surface area (Å²) in [5.41, 5.74) is 2.56. The summed E-state index contributed by atoms with van der Waals surface area (Å²) in [5.74, 6) is -0.880. The number of carbonyl (C=O) groups excluding carboxylic acids is 2. The standard InChI is InChI=1S/C27H23ClF3N3O2S/c1-16-7-6-10-22(17(16)2)33-26-34(15-18-8-4-3-5-9-18)25(36)23(37-26)14-24(35)32-19-11-12-21(28)20(13-19)27(29,30)31/h3-13,23H,14-15H2,1-2H3,(H,32,35)/t23-/m1/s1. The molecule has 4 rings (SSSR count). The van der Waals surface area contributed by atoms with E-state index < -0.39 is 27.9 Å². The minimum atomic E-state index is -4.66. The molecule has 0 spiro atoms. The maximum absolute atomic E-state index is 13.4. The van der Waals surface area contributed by atoms with Crippen molar-refractivity contribution in [2.24, 2.45) is 4.99 Å². The molecule has 3 aromatic rings. The minimum Gasteiger partial charge on any atom is -0.326 e. The van der Waals surface area contributed by atoms with Crippen molar-refractivity contribution >= 4 is 51.7 Å². The molecule has 10 heteroatoms. The van der Waals surface area contributed by atoms with E-state index in [2.05, 4.69) is 5.32 Å².